The minimum atomic E-state index is -3.76. The first-order valence-corrected chi connectivity index (χ1v) is 9.52. The fourth-order valence-corrected chi connectivity index (χ4v) is 3.67. The van der Waals surface area contributed by atoms with Gasteiger partial charge in [0, 0.05) is 27.2 Å². The third-order valence-electron chi connectivity index (χ3n) is 2.75. The zero-order valence-corrected chi connectivity index (χ0v) is 14.0. The molecule has 120 valence electrons. The van der Waals surface area contributed by atoms with Crippen LogP contribution in [0.5, 0.6) is 0 Å². The molecule has 1 aromatic rings. The zero-order valence-electron chi connectivity index (χ0n) is 12.3. The Morgan fingerprint density at radius 2 is 1.71 bits per heavy atom. The SMILES string of the molecule is CCNc1ccccc1S(=O)(=O)NCCS(=O)(=O)N(C)C. The average molecular weight is 335 g/mol. The van der Waals surface area contributed by atoms with Crippen LogP contribution in [0.1, 0.15) is 6.92 Å². The fraction of sp³-hybridized carbons (Fsp3) is 0.500. The van der Waals surface area contributed by atoms with Crippen molar-refractivity contribution in [3.05, 3.63) is 24.3 Å². The molecule has 0 saturated carbocycles. The molecular weight excluding hydrogens is 314 g/mol. The van der Waals surface area contributed by atoms with Crippen LogP contribution < -0.4 is 10.0 Å². The van der Waals surface area contributed by atoms with E-state index in [-0.39, 0.29) is 17.2 Å². The molecule has 9 heteroatoms. The third-order valence-corrected chi connectivity index (χ3v) is 6.10. The lowest BCUT2D eigenvalue weighted by molar-refractivity contribution is 0.519. The number of nitrogens with one attached hydrogen (secondary N) is 2. The first kappa shape index (κ1) is 17.9. The van der Waals surface area contributed by atoms with Gasteiger partial charge in [0.1, 0.15) is 4.90 Å². The Bertz CT molecular complexity index is 669. The van der Waals surface area contributed by atoms with Crippen molar-refractivity contribution in [2.75, 3.05) is 38.3 Å². The first-order valence-electron chi connectivity index (χ1n) is 6.43. The predicted molar refractivity (Wildman–Crippen MR) is 83.3 cm³/mol. The van der Waals surface area contributed by atoms with Crippen LogP contribution >= 0.6 is 0 Å². The van der Waals surface area contributed by atoms with E-state index in [1.807, 2.05) is 6.92 Å². The van der Waals surface area contributed by atoms with Crippen LogP contribution in [0.4, 0.5) is 5.69 Å². The van der Waals surface area contributed by atoms with Crippen LogP contribution in [0.2, 0.25) is 0 Å². The van der Waals surface area contributed by atoms with E-state index in [4.69, 9.17) is 0 Å². The summed E-state index contributed by atoms with van der Waals surface area (Å²) >= 11 is 0. The molecule has 0 aromatic heterocycles. The minimum absolute atomic E-state index is 0.106. The molecule has 0 aliphatic carbocycles. The molecule has 0 heterocycles. The number of benzene rings is 1. The number of sulfonamides is 2. The standard InChI is InChI=1S/C12H21N3O4S2/c1-4-13-11-7-5-6-8-12(11)21(18,19)14-9-10-20(16,17)15(2)3/h5-8,13-14H,4,9-10H2,1-3H3. The molecule has 1 aromatic carbocycles. The molecule has 7 nitrogen and oxygen atoms in total. The molecule has 2 N–H and O–H groups in total. The summed E-state index contributed by atoms with van der Waals surface area (Å²) in [6, 6.07) is 6.48. The van der Waals surface area contributed by atoms with Crippen LogP contribution in [0.25, 0.3) is 0 Å². The fourth-order valence-electron chi connectivity index (χ4n) is 1.60. The lowest BCUT2D eigenvalue weighted by Crippen LogP contribution is -2.34. The molecule has 0 aliphatic heterocycles. The topological polar surface area (TPSA) is 95.6 Å². The highest BCUT2D eigenvalue weighted by molar-refractivity contribution is 7.90. The van der Waals surface area contributed by atoms with Crippen LogP contribution in [-0.4, -0.2) is 54.1 Å². The van der Waals surface area contributed by atoms with Gasteiger partial charge in [-0.05, 0) is 19.1 Å². The van der Waals surface area contributed by atoms with Crippen LogP contribution in [-0.2, 0) is 20.0 Å². The van der Waals surface area contributed by atoms with Gasteiger partial charge < -0.3 is 5.32 Å². The van der Waals surface area contributed by atoms with Crippen molar-refractivity contribution in [2.45, 2.75) is 11.8 Å². The second-order valence-corrected chi connectivity index (χ2v) is 8.56. The molecule has 0 fully saturated rings. The molecule has 0 unspecified atom stereocenters. The summed E-state index contributed by atoms with van der Waals surface area (Å²) in [5.41, 5.74) is 0.489. The second kappa shape index (κ2) is 7.21. The quantitative estimate of drug-likeness (QED) is 0.712. The largest absolute Gasteiger partial charge is 0.384 e. The van der Waals surface area contributed by atoms with Crippen molar-refractivity contribution in [3.63, 3.8) is 0 Å². The zero-order chi connectivity index (χ0) is 16.1. The second-order valence-electron chi connectivity index (χ2n) is 4.52. The van der Waals surface area contributed by atoms with E-state index in [9.17, 15) is 16.8 Å². The molecule has 21 heavy (non-hydrogen) atoms. The minimum Gasteiger partial charge on any atom is -0.384 e. The third kappa shape index (κ3) is 4.95. The maximum atomic E-state index is 12.2. The van der Waals surface area contributed by atoms with Gasteiger partial charge in [0.25, 0.3) is 0 Å². The Balaban J connectivity index is 2.84. The van der Waals surface area contributed by atoms with Gasteiger partial charge in [0.15, 0.2) is 0 Å². The van der Waals surface area contributed by atoms with E-state index in [2.05, 4.69) is 10.0 Å². The Hall–Kier alpha value is -1.16. The van der Waals surface area contributed by atoms with E-state index in [1.165, 1.54) is 20.2 Å². The van der Waals surface area contributed by atoms with Crippen molar-refractivity contribution in [1.29, 1.82) is 0 Å². The van der Waals surface area contributed by atoms with Crippen LogP contribution in [0.3, 0.4) is 0 Å². The summed E-state index contributed by atoms with van der Waals surface area (Å²) < 4.78 is 51.0. The van der Waals surface area contributed by atoms with Crippen molar-refractivity contribution in [1.82, 2.24) is 9.03 Å². The van der Waals surface area contributed by atoms with Gasteiger partial charge in [0.2, 0.25) is 20.0 Å². The summed E-state index contributed by atoms with van der Waals surface area (Å²) in [4.78, 5) is 0.106. The van der Waals surface area contributed by atoms with Gasteiger partial charge in [-0.3, -0.25) is 0 Å². The predicted octanol–water partition coefficient (Wildman–Crippen LogP) is 0.288. The highest BCUT2D eigenvalue weighted by atomic mass is 32.2. The highest BCUT2D eigenvalue weighted by Crippen LogP contribution is 2.20. The molecule has 1 rings (SSSR count). The van der Waals surface area contributed by atoms with Crippen LogP contribution in [0, 0.1) is 0 Å². The van der Waals surface area contributed by atoms with E-state index >= 15 is 0 Å². The van der Waals surface area contributed by atoms with Gasteiger partial charge in [-0.25, -0.2) is 25.9 Å². The van der Waals surface area contributed by atoms with Crippen molar-refractivity contribution < 1.29 is 16.8 Å². The highest BCUT2D eigenvalue weighted by Gasteiger charge is 2.20. The smallest absolute Gasteiger partial charge is 0.242 e. The Labute approximate surface area is 126 Å². The monoisotopic (exact) mass is 335 g/mol. The molecule has 0 aliphatic rings. The van der Waals surface area contributed by atoms with Gasteiger partial charge >= 0.3 is 0 Å². The molecule has 0 saturated heterocycles. The summed E-state index contributed by atoms with van der Waals surface area (Å²) in [6.45, 7) is 2.27. The number of anilines is 1. The average Bonchev–Trinajstić information content (AvgIpc) is 2.39. The van der Waals surface area contributed by atoms with Crippen molar-refractivity contribution in [2.24, 2.45) is 0 Å². The summed E-state index contributed by atoms with van der Waals surface area (Å²) in [6.07, 6.45) is 0. The number of hydrogen-bond acceptors (Lipinski definition) is 5. The lowest BCUT2D eigenvalue weighted by Gasteiger charge is -2.14. The summed E-state index contributed by atoms with van der Waals surface area (Å²) in [7, 11) is -4.38. The van der Waals surface area contributed by atoms with Gasteiger partial charge in [-0.1, -0.05) is 12.1 Å². The molecule has 0 radical (unpaired) electrons. The van der Waals surface area contributed by atoms with E-state index in [0.717, 1.165) is 4.31 Å². The molecular formula is C12H21N3O4S2. The maximum absolute atomic E-state index is 12.2. The molecule has 0 bridgehead atoms. The van der Waals surface area contributed by atoms with Gasteiger partial charge in [0.05, 0.1) is 11.4 Å². The van der Waals surface area contributed by atoms with Crippen molar-refractivity contribution in [3.8, 4) is 0 Å². The Morgan fingerprint density at radius 3 is 2.29 bits per heavy atom. The number of rotatable bonds is 8. The maximum Gasteiger partial charge on any atom is 0.242 e. The molecule has 0 spiro atoms. The summed E-state index contributed by atoms with van der Waals surface area (Å²) in [5, 5.41) is 2.96. The van der Waals surface area contributed by atoms with Crippen LogP contribution in [0.15, 0.2) is 29.2 Å². The number of hydrogen-bond donors (Lipinski definition) is 2. The normalized spacial score (nSPS) is 12.6. The molecule has 0 amide bonds. The number of nitrogens with zero attached hydrogens (tertiary/aromatic N) is 1. The first-order chi connectivity index (χ1) is 9.70. The Morgan fingerprint density at radius 1 is 1.10 bits per heavy atom. The van der Waals surface area contributed by atoms with Gasteiger partial charge in [-0.2, -0.15) is 0 Å². The number of para-hydroxylation sites is 1. The molecule has 0 atom stereocenters. The lowest BCUT2D eigenvalue weighted by atomic mass is 10.3. The summed E-state index contributed by atoms with van der Waals surface area (Å²) in [5.74, 6) is -0.289. The van der Waals surface area contributed by atoms with Gasteiger partial charge in [-0.15, -0.1) is 0 Å². The van der Waals surface area contributed by atoms with E-state index in [0.29, 0.717) is 12.2 Å². The van der Waals surface area contributed by atoms with Crippen molar-refractivity contribution >= 4 is 25.7 Å². The van der Waals surface area contributed by atoms with E-state index < -0.39 is 20.0 Å². The van der Waals surface area contributed by atoms with E-state index in [1.54, 1.807) is 18.2 Å². The Kier molecular flexibility index (Phi) is 6.14.